The maximum Gasteiger partial charge on any atom is 0.472 e. The largest absolute Gasteiger partial charge is 0.472 e. The lowest BCUT2D eigenvalue weighted by molar-refractivity contribution is -0.161. The first-order chi connectivity index (χ1) is 24.8. The van der Waals surface area contributed by atoms with Crippen LogP contribution < -0.4 is 5.73 Å². The molecule has 0 aromatic carbocycles. The first-order valence-corrected chi connectivity index (χ1v) is 20.9. The summed E-state index contributed by atoms with van der Waals surface area (Å²) < 4.78 is 32.6. The lowest BCUT2D eigenvalue weighted by atomic mass is 10.1. The van der Waals surface area contributed by atoms with Crippen molar-refractivity contribution in [2.45, 2.75) is 148 Å². The average Bonchev–Trinajstić information content (AvgIpc) is 3.11. The van der Waals surface area contributed by atoms with Crippen LogP contribution in [0.3, 0.4) is 0 Å². The van der Waals surface area contributed by atoms with Gasteiger partial charge in [0, 0.05) is 19.4 Å². The Morgan fingerprint density at radius 3 is 1.69 bits per heavy atom. The average molecular weight is 736 g/mol. The fourth-order valence-corrected chi connectivity index (χ4v) is 5.49. The second kappa shape index (κ2) is 37.2. The van der Waals surface area contributed by atoms with Crippen LogP contribution in [0, 0.1) is 0 Å². The normalized spacial score (nSPS) is 14.2. The van der Waals surface area contributed by atoms with Crippen molar-refractivity contribution in [3.63, 3.8) is 0 Å². The number of carbonyl (C=O) groups excluding carboxylic acids is 2. The summed E-state index contributed by atoms with van der Waals surface area (Å²) in [5, 5.41) is 0. The topological polar surface area (TPSA) is 134 Å². The summed E-state index contributed by atoms with van der Waals surface area (Å²) in [6, 6.07) is 0. The second-order valence-corrected chi connectivity index (χ2v) is 13.9. The van der Waals surface area contributed by atoms with Gasteiger partial charge in [-0.05, 0) is 77.0 Å². The number of ether oxygens (including phenoxy) is 2. The Morgan fingerprint density at radius 1 is 0.608 bits per heavy atom. The molecule has 0 saturated heterocycles. The van der Waals surface area contributed by atoms with Gasteiger partial charge in [-0.25, -0.2) is 4.57 Å². The molecule has 3 N–H and O–H groups in total. The smallest absolute Gasteiger partial charge is 0.462 e. The zero-order valence-electron chi connectivity index (χ0n) is 31.8. The van der Waals surface area contributed by atoms with Crippen molar-refractivity contribution in [2.75, 3.05) is 26.4 Å². The number of phosphoric ester groups is 1. The molecule has 0 fully saturated rings. The number of unbranched alkanes of at least 4 members (excludes halogenated alkanes) is 10. The molecule has 10 heteroatoms. The lowest BCUT2D eigenvalue weighted by Gasteiger charge is -2.19. The zero-order chi connectivity index (χ0) is 37.5. The third-order valence-corrected chi connectivity index (χ3v) is 8.56. The number of allylic oxidation sites excluding steroid dienone is 12. The molecule has 0 saturated carbocycles. The molecule has 0 aliphatic rings. The van der Waals surface area contributed by atoms with E-state index in [2.05, 4.69) is 80.7 Å². The molecule has 1 unspecified atom stereocenters. The van der Waals surface area contributed by atoms with Crippen LogP contribution in [0.4, 0.5) is 0 Å². The van der Waals surface area contributed by atoms with Gasteiger partial charge in [0.05, 0.1) is 13.2 Å². The highest BCUT2D eigenvalue weighted by atomic mass is 31.2. The molecule has 0 rings (SSSR count). The quantitative estimate of drug-likeness (QED) is 0.0282. The predicted octanol–water partition coefficient (Wildman–Crippen LogP) is 10.7. The van der Waals surface area contributed by atoms with E-state index in [0.29, 0.717) is 12.8 Å². The molecule has 0 aromatic heterocycles. The van der Waals surface area contributed by atoms with Crippen molar-refractivity contribution in [1.82, 2.24) is 0 Å². The third kappa shape index (κ3) is 37.0. The van der Waals surface area contributed by atoms with Crippen LogP contribution in [0.5, 0.6) is 0 Å². The van der Waals surface area contributed by atoms with E-state index in [4.69, 9.17) is 24.3 Å². The number of carbonyl (C=O) groups is 2. The van der Waals surface area contributed by atoms with Gasteiger partial charge < -0.3 is 20.1 Å². The fourth-order valence-electron chi connectivity index (χ4n) is 4.72. The summed E-state index contributed by atoms with van der Waals surface area (Å²) in [6.45, 7) is 3.50. The minimum Gasteiger partial charge on any atom is -0.462 e. The van der Waals surface area contributed by atoms with Gasteiger partial charge >= 0.3 is 19.8 Å². The van der Waals surface area contributed by atoms with Gasteiger partial charge in [0.25, 0.3) is 0 Å². The van der Waals surface area contributed by atoms with Gasteiger partial charge in [-0.15, -0.1) is 0 Å². The van der Waals surface area contributed by atoms with Crippen molar-refractivity contribution in [3.05, 3.63) is 72.9 Å². The molecule has 0 amide bonds. The predicted molar refractivity (Wildman–Crippen MR) is 210 cm³/mol. The Kier molecular flexibility index (Phi) is 35.4. The summed E-state index contributed by atoms with van der Waals surface area (Å²) >= 11 is 0. The van der Waals surface area contributed by atoms with Gasteiger partial charge in [-0.1, -0.05) is 125 Å². The Labute approximate surface area is 310 Å². The van der Waals surface area contributed by atoms with E-state index in [1.54, 1.807) is 0 Å². The number of esters is 2. The van der Waals surface area contributed by atoms with Crippen molar-refractivity contribution >= 4 is 19.8 Å². The van der Waals surface area contributed by atoms with Crippen LogP contribution in [0.25, 0.3) is 0 Å². The van der Waals surface area contributed by atoms with Crippen LogP contribution in [-0.2, 0) is 32.7 Å². The molecule has 51 heavy (non-hydrogen) atoms. The third-order valence-electron chi connectivity index (χ3n) is 7.58. The number of hydrogen-bond acceptors (Lipinski definition) is 8. The van der Waals surface area contributed by atoms with Gasteiger partial charge in [0.15, 0.2) is 6.10 Å². The van der Waals surface area contributed by atoms with E-state index in [0.717, 1.165) is 77.0 Å². The Bertz CT molecular complexity index is 1070. The monoisotopic (exact) mass is 735 g/mol. The summed E-state index contributed by atoms with van der Waals surface area (Å²) in [5.74, 6) is -0.916. The maximum absolute atomic E-state index is 12.5. The summed E-state index contributed by atoms with van der Waals surface area (Å²) in [7, 11) is -4.39. The highest BCUT2D eigenvalue weighted by Gasteiger charge is 2.25. The zero-order valence-corrected chi connectivity index (χ0v) is 32.7. The number of rotatable bonds is 35. The van der Waals surface area contributed by atoms with E-state index in [9.17, 15) is 19.0 Å². The van der Waals surface area contributed by atoms with E-state index in [1.807, 2.05) is 6.08 Å². The van der Waals surface area contributed by atoms with E-state index in [-0.39, 0.29) is 32.6 Å². The standard InChI is InChI=1S/C41H70NO8P/c1-3-5-7-9-11-13-15-17-18-19-20-22-23-25-27-29-31-33-40(43)47-37-39(38-49-51(45,46)48-36-35-42)50-41(44)34-32-30-28-26-24-21-16-14-12-10-8-6-4-2/h5,7,11,13-14,16-18,20,22,25,27,39H,3-4,6,8-10,12,15,19,21,23-24,26,28-38,42H2,1-2H3,(H,45,46)/b7-5-,13-11-,16-14-,18-17-,22-20-,27-25-/t39-/m1/s1. The fraction of sp³-hybridized carbons (Fsp3) is 0.659. The van der Waals surface area contributed by atoms with Crippen LogP contribution in [0.15, 0.2) is 72.9 Å². The van der Waals surface area contributed by atoms with Crippen molar-refractivity contribution in [1.29, 1.82) is 0 Å². The highest BCUT2D eigenvalue weighted by Crippen LogP contribution is 2.43. The van der Waals surface area contributed by atoms with Gasteiger partial charge in [-0.3, -0.25) is 18.6 Å². The molecular formula is C41H70NO8P. The minimum atomic E-state index is -4.39. The highest BCUT2D eigenvalue weighted by molar-refractivity contribution is 7.47. The van der Waals surface area contributed by atoms with Crippen molar-refractivity contribution < 1.29 is 37.6 Å². The molecule has 9 nitrogen and oxygen atoms in total. The SMILES string of the molecule is CC/C=C\C/C=C\C/C=C\C/C=C\C/C=C\CCCC(=O)OC[C@H](COP(=O)(O)OCCN)OC(=O)CCCCCCC/C=C\CCCCCC. The molecule has 0 aromatic rings. The Morgan fingerprint density at radius 2 is 1.10 bits per heavy atom. The van der Waals surface area contributed by atoms with Gasteiger partial charge in [-0.2, -0.15) is 0 Å². The number of phosphoric acid groups is 1. The molecule has 0 bridgehead atoms. The summed E-state index contributed by atoms with van der Waals surface area (Å²) in [6.07, 6.45) is 43.7. The Balaban J connectivity index is 4.34. The second-order valence-electron chi connectivity index (χ2n) is 12.4. The molecule has 0 aliphatic heterocycles. The van der Waals surface area contributed by atoms with Crippen LogP contribution >= 0.6 is 7.82 Å². The molecule has 0 aliphatic carbocycles. The van der Waals surface area contributed by atoms with Crippen LogP contribution in [-0.4, -0.2) is 49.3 Å². The number of nitrogens with two attached hydrogens (primary N) is 1. The first-order valence-electron chi connectivity index (χ1n) is 19.4. The molecule has 2 atom stereocenters. The minimum absolute atomic E-state index is 0.0411. The number of hydrogen-bond donors (Lipinski definition) is 2. The van der Waals surface area contributed by atoms with Crippen molar-refractivity contribution in [3.8, 4) is 0 Å². The van der Waals surface area contributed by atoms with Crippen molar-refractivity contribution in [2.24, 2.45) is 5.73 Å². The summed E-state index contributed by atoms with van der Waals surface area (Å²) in [5.41, 5.74) is 5.33. The van der Waals surface area contributed by atoms with E-state index < -0.39 is 32.5 Å². The van der Waals surface area contributed by atoms with E-state index >= 15 is 0 Å². The molecule has 292 valence electrons. The molecular weight excluding hydrogens is 665 g/mol. The Hall–Kier alpha value is -2.55. The molecule has 0 radical (unpaired) electrons. The summed E-state index contributed by atoms with van der Waals surface area (Å²) in [4.78, 5) is 34.7. The van der Waals surface area contributed by atoms with Gasteiger partial charge in [0.1, 0.15) is 6.61 Å². The molecule has 0 heterocycles. The van der Waals surface area contributed by atoms with Crippen LogP contribution in [0.1, 0.15) is 142 Å². The maximum atomic E-state index is 12.5. The first kappa shape index (κ1) is 48.5. The van der Waals surface area contributed by atoms with Gasteiger partial charge in [0.2, 0.25) is 0 Å². The van der Waals surface area contributed by atoms with Crippen LogP contribution in [0.2, 0.25) is 0 Å². The van der Waals surface area contributed by atoms with E-state index in [1.165, 1.54) is 25.7 Å². The lowest BCUT2D eigenvalue weighted by Crippen LogP contribution is -2.29. The molecule has 0 spiro atoms.